The van der Waals surface area contributed by atoms with Crippen molar-refractivity contribution in [1.29, 1.82) is 0 Å². The van der Waals surface area contributed by atoms with Gasteiger partial charge in [-0.3, -0.25) is 4.79 Å². The molecule has 0 atom stereocenters. The number of pyridine rings is 1. The summed E-state index contributed by atoms with van der Waals surface area (Å²) in [5.41, 5.74) is 1.65. The Labute approximate surface area is 98.6 Å². The van der Waals surface area contributed by atoms with Gasteiger partial charge in [0.2, 0.25) is 5.91 Å². The number of aryl methyl sites for hydroxylation is 1. The van der Waals surface area contributed by atoms with Crippen molar-refractivity contribution >= 4 is 35.0 Å². The second kappa shape index (κ2) is 5.98. The molecule has 3 nitrogen and oxygen atoms in total. The summed E-state index contributed by atoms with van der Waals surface area (Å²) in [5.74, 6) is 0.836. The van der Waals surface area contributed by atoms with Gasteiger partial charge in [0, 0.05) is 12.2 Å². The van der Waals surface area contributed by atoms with Crippen LogP contribution in [0.3, 0.4) is 0 Å². The molecular formula is C10H13ClN2OS. The third-order valence-corrected chi connectivity index (χ3v) is 2.70. The Hall–Kier alpha value is -0.740. The number of aromatic nitrogens is 1. The predicted molar refractivity (Wildman–Crippen MR) is 65.6 cm³/mol. The molecule has 0 saturated heterocycles. The van der Waals surface area contributed by atoms with Gasteiger partial charge in [0.25, 0.3) is 0 Å². The number of hydrogen-bond acceptors (Lipinski definition) is 3. The first-order valence-electron chi connectivity index (χ1n) is 4.54. The van der Waals surface area contributed by atoms with Gasteiger partial charge in [0.15, 0.2) is 0 Å². The molecule has 1 aromatic heterocycles. The van der Waals surface area contributed by atoms with Crippen molar-refractivity contribution in [2.75, 3.05) is 17.3 Å². The highest BCUT2D eigenvalue weighted by atomic mass is 35.5. The molecule has 0 aliphatic heterocycles. The normalized spacial score (nSPS) is 10.1. The number of amides is 1. The molecule has 0 aliphatic carbocycles. The van der Waals surface area contributed by atoms with Gasteiger partial charge < -0.3 is 5.32 Å². The molecule has 1 amide bonds. The summed E-state index contributed by atoms with van der Waals surface area (Å²) in [6.07, 6.45) is 4.07. The number of anilines is 1. The van der Waals surface area contributed by atoms with E-state index >= 15 is 0 Å². The topological polar surface area (TPSA) is 42.0 Å². The van der Waals surface area contributed by atoms with Gasteiger partial charge in [-0.25, -0.2) is 4.98 Å². The number of hydrogen-bond donors (Lipinski definition) is 1. The minimum atomic E-state index is 0.0107. The van der Waals surface area contributed by atoms with Gasteiger partial charge >= 0.3 is 0 Å². The summed E-state index contributed by atoms with van der Waals surface area (Å²) in [5, 5.41) is 3.24. The summed E-state index contributed by atoms with van der Waals surface area (Å²) in [7, 11) is 0. The fourth-order valence-electron chi connectivity index (χ4n) is 1.06. The van der Waals surface area contributed by atoms with Crippen molar-refractivity contribution in [3.05, 3.63) is 23.0 Å². The van der Waals surface area contributed by atoms with E-state index in [4.69, 9.17) is 11.6 Å². The van der Waals surface area contributed by atoms with E-state index in [1.807, 2.05) is 13.2 Å². The van der Waals surface area contributed by atoms with E-state index in [-0.39, 0.29) is 5.91 Å². The van der Waals surface area contributed by atoms with Crippen LogP contribution in [-0.2, 0) is 4.79 Å². The van der Waals surface area contributed by atoms with Gasteiger partial charge in [-0.1, -0.05) is 11.6 Å². The Kier molecular flexibility index (Phi) is 4.91. The van der Waals surface area contributed by atoms with E-state index in [0.717, 1.165) is 17.0 Å². The molecule has 1 rings (SSSR count). The molecule has 0 aliphatic rings. The van der Waals surface area contributed by atoms with Crippen LogP contribution in [0.2, 0.25) is 5.15 Å². The van der Waals surface area contributed by atoms with Crippen molar-refractivity contribution in [3.63, 3.8) is 0 Å². The number of rotatable bonds is 4. The van der Waals surface area contributed by atoms with E-state index in [1.54, 1.807) is 24.0 Å². The standard InChI is InChI=1S/C10H13ClN2OS/c1-7-5-9(11)12-6-8(7)13-10(14)3-4-15-2/h5-6H,3-4H2,1-2H3,(H,13,14). The number of halogens is 1. The van der Waals surface area contributed by atoms with E-state index in [9.17, 15) is 4.79 Å². The smallest absolute Gasteiger partial charge is 0.225 e. The number of carbonyl (C=O) groups is 1. The SMILES string of the molecule is CSCCC(=O)Nc1cnc(Cl)cc1C. The number of carbonyl (C=O) groups excluding carboxylic acids is 1. The van der Waals surface area contributed by atoms with Crippen molar-refractivity contribution in [2.24, 2.45) is 0 Å². The lowest BCUT2D eigenvalue weighted by molar-refractivity contribution is -0.115. The molecule has 0 aromatic carbocycles. The van der Waals surface area contributed by atoms with Gasteiger partial charge in [-0.15, -0.1) is 0 Å². The van der Waals surface area contributed by atoms with Gasteiger partial charge in [0.05, 0.1) is 11.9 Å². The van der Waals surface area contributed by atoms with Crippen LogP contribution >= 0.6 is 23.4 Å². The highest BCUT2D eigenvalue weighted by Crippen LogP contribution is 2.16. The highest BCUT2D eigenvalue weighted by Gasteiger charge is 2.04. The summed E-state index contributed by atoms with van der Waals surface area (Å²) in [6, 6.07) is 1.73. The van der Waals surface area contributed by atoms with Crippen molar-refractivity contribution in [2.45, 2.75) is 13.3 Å². The summed E-state index contributed by atoms with van der Waals surface area (Å²) < 4.78 is 0. The van der Waals surface area contributed by atoms with Crippen LogP contribution in [0.5, 0.6) is 0 Å². The molecule has 1 aromatic rings. The van der Waals surface area contributed by atoms with E-state index in [1.165, 1.54) is 0 Å². The van der Waals surface area contributed by atoms with Gasteiger partial charge in [-0.2, -0.15) is 11.8 Å². The zero-order valence-corrected chi connectivity index (χ0v) is 10.3. The largest absolute Gasteiger partial charge is 0.324 e. The molecule has 0 unspecified atom stereocenters. The Bertz CT molecular complexity index is 357. The predicted octanol–water partition coefficient (Wildman–Crippen LogP) is 2.74. The lowest BCUT2D eigenvalue weighted by atomic mass is 10.2. The van der Waals surface area contributed by atoms with E-state index in [0.29, 0.717) is 11.6 Å². The minimum absolute atomic E-state index is 0.0107. The molecule has 0 spiro atoms. The molecule has 0 radical (unpaired) electrons. The fraction of sp³-hybridized carbons (Fsp3) is 0.400. The van der Waals surface area contributed by atoms with Gasteiger partial charge in [-0.05, 0) is 24.8 Å². The Morgan fingerprint density at radius 1 is 1.67 bits per heavy atom. The van der Waals surface area contributed by atoms with Crippen LogP contribution in [0, 0.1) is 6.92 Å². The van der Waals surface area contributed by atoms with Crippen molar-refractivity contribution in [1.82, 2.24) is 4.98 Å². The average molecular weight is 245 g/mol. The maximum atomic E-state index is 11.4. The van der Waals surface area contributed by atoms with Crippen molar-refractivity contribution in [3.8, 4) is 0 Å². The monoisotopic (exact) mass is 244 g/mol. The van der Waals surface area contributed by atoms with Crippen LogP contribution in [0.25, 0.3) is 0 Å². The molecular weight excluding hydrogens is 232 g/mol. The molecule has 1 heterocycles. The number of nitrogens with zero attached hydrogens (tertiary/aromatic N) is 1. The van der Waals surface area contributed by atoms with Crippen LogP contribution < -0.4 is 5.32 Å². The number of nitrogens with one attached hydrogen (secondary N) is 1. The second-order valence-corrected chi connectivity index (χ2v) is 4.49. The second-order valence-electron chi connectivity index (χ2n) is 3.11. The molecule has 0 fully saturated rings. The first-order chi connectivity index (χ1) is 7.13. The molecule has 0 bridgehead atoms. The molecule has 1 N–H and O–H groups in total. The third kappa shape index (κ3) is 4.10. The van der Waals surface area contributed by atoms with Gasteiger partial charge in [0.1, 0.15) is 5.15 Å². The van der Waals surface area contributed by atoms with Crippen LogP contribution in [-0.4, -0.2) is 22.9 Å². The molecule has 15 heavy (non-hydrogen) atoms. The van der Waals surface area contributed by atoms with E-state index < -0.39 is 0 Å². The zero-order chi connectivity index (χ0) is 11.3. The minimum Gasteiger partial charge on any atom is -0.324 e. The third-order valence-electron chi connectivity index (χ3n) is 1.88. The van der Waals surface area contributed by atoms with Crippen molar-refractivity contribution < 1.29 is 4.79 Å². The molecule has 0 saturated carbocycles. The van der Waals surface area contributed by atoms with Crippen LogP contribution in [0.4, 0.5) is 5.69 Å². The van der Waals surface area contributed by atoms with Crippen LogP contribution in [0.1, 0.15) is 12.0 Å². The fourth-order valence-corrected chi connectivity index (χ4v) is 1.66. The summed E-state index contributed by atoms with van der Waals surface area (Å²) >= 11 is 7.36. The Morgan fingerprint density at radius 3 is 3.00 bits per heavy atom. The zero-order valence-electron chi connectivity index (χ0n) is 8.71. The maximum absolute atomic E-state index is 11.4. The summed E-state index contributed by atoms with van der Waals surface area (Å²) in [6.45, 7) is 1.89. The van der Waals surface area contributed by atoms with E-state index in [2.05, 4.69) is 10.3 Å². The number of thioether (sulfide) groups is 1. The highest BCUT2D eigenvalue weighted by molar-refractivity contribution is 7.98. The summed E-state index contributed by atoms with van der Waals surface area (Å²) in [4.78, 5) is 15.3. The molecule has 5 heteroatoms. The first kappa shape index (κ1) is 12.3. The Balaban J connectivity index is 2.60. The maximum Gasteiger partial charge on any atom is 0.225 e. The van der Waals surface area contributed by atoms with Crippen LogP contribution in [0.15, 0.2) is 12.3 Å². The lowest BCUT2D eigenvalue weighted by Gasteiger charge is -2.07. The first-order valence-corrected chi connectivity index (χ1v) is 6.31. The molecule has 82 valence electrons. The quantitative estimate of drug-likeness (QED) is 0.829. The lowest BCUT2D eigenvalue weighted by Crippen LogP contribution is -2.13. The average Bonchev–Trinajstić information content (AvgIpc) is 2.19. The Morgan fingerprint density at radius 2 is 2.40 bits per heavy atom.